The lowest BCUT2D eigenvalue weighted by atomic mass is 9.98. The van der Waals surface area contributed by atoms with Gasteiger partial charge in [-0.3, -0.25) is 0 Å². The number of fused-ring (bicyclic) bond motifs is 1. The summed E-state index contributed by atoms with van der Waals surface area (Å²) in [6, 6.07) is -0.344. The Morgan fingerprint density at radius 3 is 2.81 bits per heavy atom. The summed E-state index contributed by atoms with van der Waals surface area (Å²) in [6.45, 7) is 1.67. The van der Waals surface area contributed by atoms with Crippen molar-refractivity contribution in [2.45, 2.75) is 44.1 Å². The van der Waals surface area contributed by atoms with Crippen LogP contribution in [-0.4, -0.2) is 53.2 Å². The largest absolute Gasteiger partial charge is 0.393 e. The van der Waals surface area contributed by atoms with Gasteiger partial charge in [-0.1, -0.05) is 0 Å². The van der Waals surface area contributed by atoms with Crippen LogP contribution in [0.15, 0.2) is 12.7 Å². The van der Waals surface area contributed by atoms with Crippen molar-refractivity contribution < 1.29 is 15.3 Å². The smallest absolute Gasteiger partial charge is 0.165 e. The maximum absolute atomic E-state index is 10.3. The molecule has 5 atom stereocenters. The van der Waals surface area contributed by atoms with Gasteiger partial charge in [-0.2, -0.15) is 0 Å². The van der Waals surface area contributed by atoms with Crippen molar-refractivity contribution in [3.05, 3.63) is 12.7 Å². The van der Waals surface area contributed by atoms with E-state index in [1.54, 1.807) is 17.8 Å². The van der Waals surface area contributed by atoms with Crippen LogP contribution in [0.1, 0.15) is 25.8 Å². The van der Waals surface area contributed by atoms with Crippen molar-refractivity contribution in [2.75, 3.05) is 5.73 Å². The van der Waals surface area contributed by atoms with Crippen LogP contribution in [0.2, 0.25) is 0 Å². The van der Waals surface area contributed by atoms with Crippen LogP contribution in [0.3, 0.4) is 0 Å². The number of rotatable bonds is 3. The molecule has 1 aliphatic rings. The van der Waals surface area contributed by atoms with Gasteiger partial charge in [0, 0.05) is 0 Å². The molecule has 1 aliphatic carbocycles. The molecule has 5 N–H and O–H groups in total. The van der Waals surface area contributed by atoms with Gasteiger partial charge in [0.25, 0.3) is 0 Å². The minimum Gasteiger partial charge on any atom is -0.393 e. The van der Waals surface area contributed by atoms with Crippen molar-refractivity contribution in [1.82, 2.24) is 19.5 Å². The Morgan fingerprint density at radius 1 is 1.33 bits per heavy atom. The average Bonchev–Trinajstić information content (AvgIpc) is 2.96. The van der Waals surface area contributed by atoms with Gasteiger partial charge < -0.3 is 25.6 Å². The van der Waals surface area contributed by atoms with Gasteiger partial charge in [-0.25, -0.2) is 15.0 Å². The number of aromatic nitrogens is 4. The van der Waals surface area contributed by atoms with E-state index >= 15 is 0 Å². The molecule has 1 fully saturated rings. The maximum Gasteiger partial charge on any atom is 0.165 e. The van der Waals surface area contributed by atoms with Crippen LogP contribution in [0.5, 0.6) is 0 Å². The third-order valence-corrected chi connectivity index (χ3v) is 4.16. The summed E-state index contributed by atoms with van der Waals surface area (Å²) in [5, 5.41) is 29.9. The van der Waals surface area contributed by atoms with E-state index < -0.39 is 18.3 Å². The zero-order valence-corrected chi connectivity index (χ0v) is 11.7. The topological polar surface area (TPSA) is 130 Å². The van der Waals surface area contributed by atoms with E-state index in [1.807, 2.05) is 0 Å². The van der Waals surface area contributed by atoms with Crippen molar-refractivity contribution >= 4 is 17.0 Å². The molecule has 1 saturated carbocycles. The van der Waals surface area contributed by atoms with Gasteiger partial charge in [0.1, 0.15) is 17.9 Å². The summed E-state index contributed by atoms with van der Waals surface area (Å²) in [7, 11) is 0. The second-order valence-corrected chi connectivity index (χ2v) is 5.71. The van der Waals surface area contributed by atoms with Gasteiger partial charge in [-0.15, -0.1) is 0 Å². The quantitative estimate of drug-likeness (QED) is 0.598. The second kappa shape index (κ2) is 5.21. The van der Waals surface area contributed by atoms with E-state index in [1.165, 1.54) is 6.33 Å². The highest BCUT2D eigenvalue weighted by Gasteiger charge is 2.43. The molecule has 0 spiro atoms. The van der Waals surface area contributed by atoms with Crippen LogP contribution >= 0.6 is 0 Å². The molecule has 114 valence electrons. The predicted molar refractivity (Wildman–Crippen MR) is 75.2 cm³/mol. The number of aliphatic hydroxyl groups is 3. The fourth-order valence-corrected chi connectivity index (χ4v) is 3.16. The first-order chi connectivity index (χ1) is 9.99. The number of imidazole rings is 1. The first kappa shape index (κ1) is 14.2. The standard InChI is InChI=1S/C13H19N5O3/c1-6(19)2-7-3-8(11(21)10(7)20)18-5-17-9-12(14)15-4-16-13(9)18/h4-8,10-11,19-21H,2-3H2,1H3,(H2,14,15,16)/t6-,7+,8-,10-,11+/m1/s1. The maximum atomic E-state index is 10.3. The van der Waals surface area contributed by atoms with Crippen molar-refractivity contribution in [3.8, 4) is 0 Å². The van der Waals surface area contributed by atoms with Crippen LogP contribution in [0.25, 0.3) is 11.2 Å². The highest BCUT2D eigenvalue weighted by Crippen LogP contribution is 2.39. The number of nitrogen functional groups attached to an aromatic ring is 1. The molecule has 0 amide bonds. The number of hydrogen-bond acceptors (Lipinski definition) is 7. The normalized spacial score (nSPS) is 30.9. The van der Waals surface area contributed by atoms with Crippen LogP contribution in [-0.2, 0) is 0 Å². The SMILES string of the molecule is C[C@@H](O)C[C@H]1C[C@@H](n2cnc3c(N)ncnc32)[C@H](O)[C@@H]1O. The molecule has 21 heavy (non-hydrogen) atoms. The molecule has 2 heterocycles. The van der Waals surface area contributed by atoms with Crippen molar-refractivity contribution in [2.24, 2.45) is 5.92 Å². The Kier molecular flexibility index (Phi) is 3.52. The Balaban J connectivity index is 1.94. The predicted octanol–water partition coefficient (Wildman–Crippen LogP) is -0.538. The van der Waals surface area contributed by atoms with Gasteiger partial charge >= 0.3 is 0 Å². The fraction of sp³-hybridized carbons (Fsp3) is 0.615. The fourth-order valence-electron chi connectivity index (χ4n) is 3.16. The molecule has 3 rings (SSSR count). The summed E-state index contributed by atoms with van der Waals surface area (Å²) in [6.07, 6.45) is 1.57. The lowest BCUT2D eigenvalue weighted by molar-refractivity contribution is -0.00192. The highest BCUT2D eigenvalue weighted by atomic mass is 16.3. The zero-order valence-electron chi connectivity index (χ0n) is 11.7. The van der Waals surface area contributed by atoms with Gasteiger partial charge in [0.05, 0.1) is 24.6 Å². The number of nitrogens with two attached hydrogens (primary N) is 1. The van der Waals surface area contributed by atoms with E-state index in [2.05, 4.69) is 15.0 Å². The Bertz CT molecular complexity index is 644. The molecular formula is C13H19N5O3. The van der Waals surface area contributed by atoms with E-state index in [9.17, 15) is 15.3 Å². The molecule has 0 bridgehead atoms. The summed E-state index contributed by atoms with van der Waals surface area (Å²) < 4.78 is 1.73. The summed E-state index contributed by atoms with van der Waals surface area (Å²) in [4.78, 5) is 12.2. The van der Waals surface area contributed by atoms with E-state index in [4.69, 9.17) is 5.73 Å². The Labute approximate surface area is 121 Å². The third-order valence-electron chi connectivity index (χ3n) is 4.16. The van der Waals surface area contributed by atoms with E-state index in [0.717, 1.165) is 0 Å². The summed E-state index contributed by atoms with van der Waals surface area (Å²) in [5.41, 5.74) is 6.77. The van der Waals surface area contributed by atoms with Gasteiger partial charge in [0.2, 0.25) is 0 Å². The molecule has 0 unspecified atom stereocenters. The molecule has 0 aromatic carbocycles. The Morgan fingerprint density at radius 2 is 2.10 bits per heavy atom. The Hall–Kier alpha value is -1.77. The number of hydrogen-bond donors (Lipinski definition) is 4. The number of nitrogens with zero attached hydrogens (tertiary/aromatic N) is 4. The first-order valence-corrected chi connectivity index (χ1v) is 6.96. The van der Waals surface area contributed by atoms with Crippen molar-refractivity contribution in [1.29, 1.82) is 0 Å². The lowest BCUT2D eigenvalue weighted by Gasteiger charge is -2.18. The van der Waals surface area contributed by atoms with Crippen LogP contribution in [0, 0.1) is 5.92 Å². The van der Waals surface area contributed by atoms with E-state index in [-0.39, 0.29) is 17.8 Å². The third kappa shape index (κ3) is 2.35. The summed E-state index contributed by atoms with van der Waals surface area (Å²) >= 11 is 0. The molecule has 2 aromatic rings. The number of aliphatic hydroxyl groups excluding tert-OH is 3. The van der Waals surface area contributed by atoms with Gasteiger partial charge in [-0.05, 0) is 25.7 Å². The molecular weight excluding hydrogens is 274 g/mol. The van der Waals surface area contributed by atoms with Crippen LogP contribution < -0.4 is 5.73 Å². The monoisotopic (exact) mass is 293 g/mol. The molecule has 8 heteroatoms. The van der Waals surface area contributed by atoms with Crippen LogP contribution in [0.4, 0.5) is 5.82 Å². The van der Waals surface area contributed by atoms with E-state index in [0.29, 0.717) is 24.0 Å². The zero-order chi connectivity index (χ0) is 15.1. The first-order valence-electron chi connectivity index (χ1n) is 6.96. The molecule has 0 aliphatic heterocycles. The average molecular weight is 293 g/mol. The minimum absolute atomic E-state index is 0.165. The lowest BCUT2D eigenvalue weighted by Crippen LogP contribution is -2.30. The number of anilines is 1. The molecule has 2 aromatic heterocycles. The highest BCUT2D eigenvalue weighted by molar-refractivity contribution is 5.81. The van der Waals surface area contributed by atoms with Gasteiger partial charge in [0.15, 0.2) is 11.5 Å². The minimum atomic E-state index is -0.928. The molecule has 8 nitrogen and oxygen atoms in total. The molecule has 0 radical (unpaired) electrons. The summed E-state index contributed by atoms with van der Waals surface area (Å²) in [5.74, 6) is 0.119. The molecule has 0 saturated heterocycles. The second-order valence-electron chi connectivity index (χ2n) is 5.71. The van der Waals surface area contributed by atoms with Crippen molar-refractivity contribution in [3.63, 3.8) is 0 Å².